The second-order valence-electron chi connectivity index (χ2n) is 7.61. The molecule has 3 rings (SSSR count). The van der Waals surface area contributed by atoms with E-state index in [-0.39, 0.29) is 11.8 Å². The molecule has 2 aromatic carbocycles. The highest BCUT2D eigenvalue weighted by Crippen LogP contribution is 2.26. The van der Waals surface area contributed by atoms with Crippen molar-refractivity contribution in [3.05, 3.63) is 60.2 Å². The van der Waals surface area contributed by atoms with Gasteiger partial charge in [0.2, 0.25) is 10.0 Å². The van der Waals surface area contributed by atoms with Crippen LogP contribution < -0.4 is 14.5 Å². The Morgan fingerprint density at radius 1 is 0.966 bits per heavy atom. The summed E-state index contributed by atoms with van der Waals surface area (Å²) in [5.41, 5.74) is 3.52. The van der Waals surface area contributed by atoms with Crippen LogP contribution in [0.15, 0.2) is 54.6 Å². The number of nitrogens with one attached hydrogen (secondary N) is 1. The minimum absolute atomic E-state index is 0.0189. The van der Waals surface area contributed by atoms with E-state index < -0.39 is 10.0 Å². The van der Waals surface area contributed by atoms with Crippen LogP contribution in [0.5, 0.6) is 0 Å². The Bertz CT molecular complexity index is 861. The molecule has 1 atom stereocenters. The zero-order valence-corrected chi connectivity index (χ0v) is 18.4. The average molecular weight is 417 g/mol. The van der Waals surface area contributed by atoms with Gasteiger partial charge in [-0.2, -0.15) is 0 Å². The van der Waals surface area contributed by atoms with Crippen LogP contribution in [0.3, 0.4) is 0 Å². The fourth-order valence-corrected chi connectivity index (χ4v) is 4.31. The number of hydrogen-bond donors (Lipinski definition) is 1. The highest BCUT2D eigenvalue weighted by atomic mass is 32.2. The molecule has 1 aliphatic heterocycles. The third kappa shape index (κ3) is 5.72. The molecule has 0 saturated carbocycles. The van der Waals surface area contributed by atoms with Gasteiger partial charge in [-0.1, -0.05) is 30.3 Å². The minimum atomic E-state index is -3.23. The normalized spacial score (nSPS) is 16.6. The second kappa shape index (κ2) is 9.61. The maximum atomic E-state index is 12.1. The molecule has 0 aliphatic carbocycles. The number of benzene rings is 2. The standard InChI is InChI=1S/C22H32N4O2S/c1-4-29(27,28)23-18-22(19-10-12-20(13-11-19)24(2)3)26-16-14-25(15-17-26)21-8-6-5-7-9-21/h5-13,22-23H,4,14-18H2,1-3H3/t22-/m0/s1. The van der Waals surface area contributed by atoms with Gasteiger partial charge >= 0.3 is 0 Å². The van der Waals surface area contributed by atoms with Gasteiger partial charge in [-0.3, -0.25) is 4.90 Å². The molecule has 1 fully saturated rings. The number of piperazine rings is 1. The lowest BCUT2D eigenvalue weighted by Crippen LogP contribution is -2.50. The fourth-order valence-electron chi connectivity index (χ4n) is 3.69. The van der Waals surface area contributed by atoms with Crippen molar-refractivity contribution < 1.29 is 8.42 Å². The van der Waals surface area contributed by atoms with Crippen LogP contribution in [-0.4, -0.2) is 65.9 Å². The largest absolute Gasteiger partial charge is 0.378 e. The quantitative estimate of drug-likeness (QED) is 0.717. The molecular formula is C22H32N4O2S. The molecule has 1 saturated heterocycles. The summed E-state index contributed by atoms with van der Waals surface area (Å²) in [6, 6.07) is 18.9. The molecule has 1 heterocycles. The van der Waals surface area contributed by atoms with Crippen molar-refractivity contribution in [1.29, 1.82) is 0 Å². The van der Waals surface area contributed by atoms with E-state index in [0.717, 1.165) is 37.4 Å². The molecule has 0 unspecified atom stereocenters. The summed E-state index contributed by atoms with van der Waals surface area (Å²) in [5, 5.41) is 0. The lowest BCUT2D eigenvalue weighted by molar-refractivity contribution is 0.187. The van der Waals surface area contributed by atoms with E-state index in [4.69, 9.17) is 0 Å². The van der Waals surface area contributed by atoms with Crippen LogP contribution in [-0.2, 0) is 10.0 Å². The van der Waals surface area contributed by atoms with Crippen LogP contribution in [0.2, 0.25) is 0 Å². The molecule has 6 nitrogen and oxygen atoms in total. The number of anilines is 2. The van der Waals surface area contributed by atoms with Crippen LogP contribution in [0.4, 0.5) is 11.4 Å². The summed E-state index contributed by atoms with van der Waals surface area (Å²) in [5.74, 6) is 0.0983. The first-order chi connectivity index (χ1) is 13.9. The van der Waals surface area contributed by atoms with Gasteiger partial charge in [0.1, 0.15) is 0 Å². The number of nitrogens with zero attached hydrogens (tertiary/aromatic N) is 3. The van der Waals surface area contributed by atoms with Crippen molar-refractivity contribution in [2.24, 2.45) is 0 Å². The van der Waals surface area contributed by atoms with Crippen molar-refractivity contribution in [3.8, 4) is 0 Å². The lowest BCUT2D eigenvalue weighted by Gasteiger charge is -2.40. The van der Waals surface area contributed by atoms with Gasteiger partial charge in [0.05, 0.1) is 5.75 Å². The molecule has 0 bridgehead atoms. The molecule has 1 N–H and O–H groups in total. The predicted octanol–water partition coefficient (Wildman–Crippen LogP) is 2.56. The van der Waals surface area contributed by atoms with E-state index in [1.807, 2.05) is 20.2 Å². The number of hydrogen-bond acceptors (Lipinski definition) is 5. The number of sulfonamides is 1. The van der Waals surface area contributed by atoms with E-state index in [1.54, 1.807) is 6.92 Å². The Balaban J connectivity index is 1.74. The van der Waals surface area contributed by atoms with Crippen LogP contribution in [0, 0.1) is 0 Å². The van der Waals surface area contributed by atoms with E-state index >= 15 is 0 Å². The highest BCUT2D eigenvalue weighted by molar-refractivity contribution is 7.89. The molecule has 0 aromatic heterocycles. The van der Waals surface area contributed by atoms with Crippen molar-refractivity contribution in [3.63, 3.8) is 0 Å². The van der Waals surface area contributed by atoms with Gasteiger partial charge in [0.15, 0.2) is 0 Å². The summed E-state index contributed by atoms with van der Waals surface area (Å²) < 4.78 is 26.9. The van der Waals surface area contributed by atoms with E-state index in [1.165, 1.54) is 5.69 Å². The number of para-hydroxylation sites is 1. The molecule has 2 aromatic rings. The lowest BCUT2D eigenvalue weighted by atomic mass is 10.0. The maximum absolute atomic E-state index is 12.1. The Morgan fingerprint density at radius 3 is 2.14 bits per heavy atom. The van der Waals surface area contributed by atoms with E-state index in [9.17, 15) is 8.42 Å². The topological polar surface area (TPSA) is 55.9 Å². The summed E-state index contributed by atoms with van der Waals surface area (Å²) in [6.45, 7) is 5.70. The zero-order chi connectivity index (χ0) is 20.9. The van der Waals surface area contributed by atoms with E-state index in [0.29, 0.717) is 6.54 Å². The molecule has 158 valence electrons. The summed E-state index contributed by atoms with van der Waals surface area (Å²) in [4.78, 5) is 6.85. The van der Waals surface area contributed by atoms with Crippen LogP contribution >= 0.6 is 0 Å². The molecule has 0 amide bonds. The van der Waals surface area contributed by atoms with E-state index in [2.05, 4.69) is 68.0 Å². The Labute approximate surface area is 175 Å². The number of rotatable bonds is 8. The summed E-state index contributed by atoms with van der Waals surface area (Å²) >= 11 is 0. The van der Waals surface area contributed by atoms with Gasteiger partial charge in [0, 0.05) is 64.2 Å². The van der Waals surface area contributed by atoms with Crippen molar-refractivity contribution in [1.82, 2.24) is 9.62 Å². The second-order valence-corrected chi connectivity index (χ2v) is 9.71. The SMILES string of the molecule is CCS(=O)(=O)NC[C@@H](c1ccc(N(C)C)cc1)N1CCN(c2ccccc2)CC1. The molecular weight excluding hydrogens is 384 g/mol. The Kier molecular flexibility index (Phi) is 7.16. The van der Waals surface area contributed by atoms with Crippen molar-refractivity contribution in [2.45, 2.75) is 13.0 Å². The smallest absolute Gasteiger partial charge is 0.211 e. The molecule has 7 heteroatoms. The van der Waals surface area contributed by atoms with Crippen molar-refractivity contribution >= 4 is 21.4 Å². The van der Waals surface area contributed by atoms with Crippen molar-refractivity contribution in [2.75, 3.05) is 62.4 Å². The molecule has 0 spiro atoms. The fraction of sp³-hybridized carbons (Fsp3) is 0.455. The third-order valence-electron chi connectivity index (χ3n) is 5.55. The van der Waals surface area contributed by atoms with Crippen LogP contribution in [0.25, 0.3) is 0 Å². The predicted molar refractivity (Wildman–Crippen MR) is 121 cm³/mol. The molecule has 1 aliphatic rings. The summed E-state index contributed by atoms with van der Waals surface area (Å²) in [6.07, 6.45) is 0. The Morgan fingerprint density at radius 2 is 1.59 bits per heavy atom. The van der Waals surface area contributed by atoms with Gasteiger partial charge in [-0.15, -0.1) is 0 Å². The van der Waals surface area contributed by atoms with Crippen LogP contribution in [0.1, 0.15) is 18.5 Å². The monoisotopic (exact) mass is 416 g/mol. The van der Waals surface area contributed by atoms with Gasteiger partial charge < -0.3 is 9.80 Å². The first-order valence-corrected chi connectivity index (χ1v) is 11.8. The third-order valence-corrected chi connectivity index (χ3v) is 6.91. The van der Waals surface area contributed by atoms with Gasteiger partial charge in [-0.05, 0) is 36.8 Å². The molecule has 0 radical (unpaired) electrons. The highest BCUT2D eigenvalue weighted by Gasteiger charge is 2.26. The zero-order valence-electron chi connectivity index (χ0n) is 17.6. The van der Waals surface area contributed by atoms with Gasteiger partial charge in [0.25, 0.3) is 0 Å². The maximum Gasteiger partial charge on any atom is 0.211 e. The minimum Gasteiger partial charge on any atom is -0.378 e. The van der Waals surface area contributed by atoms with Gasteiger partial charge in [-0.25, -0.2) is 13.1 Å². The average Bonchev–Trinajstić information content (AvgIpc) is 2.75. The summed E-state index contributed by atoms with van der Waals surface area (Å²) in [7, 11) is 0.805. The molecule has 29 heavy (non-hydrogen) atoms. The first kappa shape index (κ1) is 21.6. The first-order valence-electron chi connectivity index (χ1n) is 10.2. The Hall–Kier alpha value is -2.09.